The Bertz CT molecular complexity index is 713. The number of nitrogens with zero attached hydrogens (tertiary/aromatic N) is 2. The summed E-state index contributed by atoms with van der Waals surface area (Å²) in [6.07, 6.45) is 0. The maximum Gasteiger partial charge on any atom is 0.254 e. The average molecular weight is 342 g/mol. The molecule has 126 valence electrons. The number of ether oxygens (including phenoxy) is 1. The van der Waals surface area contributed by atoms with Crippen LogP contribution in [0.2, 0.25) is 0 Å². The largest absolute Gasteiger partial charge is 0.497 e. The van der Waals surface area contributed by atoms with Crippen molar-refractivity contribution < 1.29 is 9.53 Å². The lowest BCUT2D eigenvalue weighted by Crippen LogP contribution is -2.33. The molecule has 0 spiro atoms. The van der Waals surface area contributed by atoms with Crippen molar-refractivity contribution in [3.63, 3.8) is 0 Å². The summed E-state index contributed by atoms with van der Waals surface area (Å²) in [5, 5.41) is 3.92. The summed E-state index contributed by atoms with van der Waals surface area (Å²) in [5.41, 5.74) is 2.14. The number of carbonyl (C=O) groups is 1. The highest BCUT2D eigenvalue weighted by Gasteiger charge is 2.47. The summed E-state index contributed by atoms with van der Waals surface area (Å²) < 4.78 is 5.27. The number of carbonyl (C=O) groups excluding carboxylic acids is 1. The minimum atomic E-state index is 0.182. The van der Waals surface area contributed by atoms with Gasteiger partial charge in [0.05, 0.1) is 12.7 Å². The Balaban J connectivity index is 1.54. The second-order valence-corrected chi connectivity index (χ2v) is 7.58. The number of rotatable bonds is 3. The molecule has 3 atom stereocenters. The molecule has 0 N–H and O–H groups in total. The molecule has 0 bridgehead atoms. The van der Waals surface area contributed by atoms with Gasteiger partial charge in [0.15, 0.2) is 0 Å². The van der Waals surface area contributed by atoms with Gasteiger partial charge in [-0.25, -0.2) is 0 Å². The Kier molecular flexibility index (Phi) is 4.06. The van der Waals surface area contributed by atoms with Crippen LogP contribution in [0.15, 0.2) is 41.1 Å². The van der Waals surface area contributed by atoms with Gasteiger partial charge in [-0.05, 0) is 42.1 Å². The maximum absolute atomic E-state index is 12.6. The van der Waals surface area contributed by atoms with E-state index >= 15 is 0 Å². The number of hydrogen-bond donors (Lipinski definition) is 0. The van der Waals surface area contributed by atoms with Gasteiger partial charge >= 0.3 is 0 Å². The van der Waals surface area contributed by atoms with Crippen LogP contribution < -0.4 is 4.74 Å². The number of hydrogen-bond acceptors (Lipinski definition) is 4. The van der Waals surface area contributed by atoms with Gasteiger partial charge in [0.2, 0.25) is 0 Å². The van der Waals surface area contributed by atoms with Crippen LogP contribution in [0, 0.1) is 11.8 Å². The molecule has 3 heterocycles. The summed E-state index contributed by atoms with van der Waals surface area (Å²) in [6, 6.07) is 10.7. The van der Waals surface area contributed by atoms with E-state index in [1.807, 2.05) is 33.9 Å². The van der Waals surface area contributed by atoms with Crippen molar-refractivity contribution in [2.45, 2.75) is 6.04 Å². The fraction of sp³-hybridized carbons (Fsp3) is 0.421. The highest BCUT2D eigenvalue weighted by atomic mass is 32.1. The summed E-state index contributed by atoms with van der Waals surface area (Å²) in [4.78, 5) is 17.1. The minimum Gasteiger partial charge on any atom is -0.497 e. The van der Waals surface area contributed by atoms with Crippen LogP contribution in [0.4, 0.5) is 0 Å². The lowest BCUT2D eigenvalue weighted by atomic mass is 9.89. The normalized spacial score (nSPS) is 26.6. The molecule has 1 aromatic carbocycles. The Morgan fingerprint density at radius 1 is 1.17 bits per heavy atom. The van der Waals surface area contributed by atoms with E-state index in [2.05, 4.69) is 24.1 Å². The van der Waals surface area contributed by atoms with E-state index in [4.69, 9.17) is 4.74 Å². The van der Waals surface area contributed by atoms with Crippen molar-refractivity contribution in [2.75, 3.05) is 33.8 Å². The molecule has 0 aliphatic carbocycles. The molecule has 1 aromatic heterocycles. The van der Waals surface area contributed by atoms with E-state index in [-0.39, 0.29) is 5.91 Å². The molecule has 5 heteroatoms. The first kappa shape index (κ1) is 15.7. The number of benzene rings is 1. The zero-order valence-corrected chi connectivity index (χ0v) is 14.8. The minimum absolute atomic E-state index is 0.182. The summed E-state index contributed by atoms with van der Waals surface area (Å²) >= 11 is 1.58. The Morgan fingerprint density at radius 2 is 1.96 bits per heavy atom. The van der Waals surface area contributed by atoms with Crippen LogP contribution >= 0.6 is 11.3 Å². The molecule has 2 aliphatic rings. The highest BCUT2D eigenvalue weighted by molar-refractivity contribution is 7.08. The molecule has 2 fully saturated rings. The summed E-state index contributed by atoms with van der Waals surface area (Å²) in [7, 11) is 3.88. The number of likely N-dealkylation sites (tertiary alicyclic amines) is 2. The molecule has 4 rings (SSSR count). The molecular formula is C19H22N2O2S. The third-order valence-corrected chi connectivity index (χ3v) is 6.09. The zero-order chi connectivity index (χ0) is 16.7. The average Bonchev–Trinajstić information content (AvgIpc) is 3.30. The molecule has 2 aromatic rings. The quantitative estimate of drug-likeness (QED) is 0.859. The first-order valence-electron chi connectivity index (χ1n) is 8.33. The van der Waals surface area contributed by atoms with E-state index in [9.17, 15) is 4.79 Å². The zero-order valence-electron chi connectivity index (χ0n) is 14.0. The van der Waals surface area contributed by atoms with E-state index < -0.39 is 0 Å². The van der Waals surface area contributed by atoms with Gasteiger partial charge in [-0.2, -0.15) is 11.3 Å². The predicted molar refractivity (Wildman–Crippen MR) is 95.6 cm³/mol. The molecule has 0 saturated carbocycles. The van der Waals surface area contributed by atoms with Crippen molar-refractivity contribution in [1.82, 2.24) is 9.80 Å². The van der Waals surface area contributed by atoms with Crippen molar-refractivity contribution in [1.29, 1.82) is 0 Å². The Hall–Kier alpha value is -1.85. The lowest BCUT2D eigenvalue weighted by molar-refractivity contribution is 0.0768. The second-order valence-electron chi connectivity index (χ2n) is 6.80. The molecule has 24 heavy (non-hydrogen) atoms. The van der Waals surface area contributed by atoms with E-state index in [0.717, 1.165) is 30.9 Å². The van der Waals surface area contributed by atoms with Crippen LogP contribution in [-0.2, 0) is 0 Å². The summed E-state index contributed by atoms with van der Waals surface area (Å²) in [6.45, 7) is 2.77. The molecule has 2 saturated heterocycles. The predicted octanol–water partition coefficient (Wildman–Crippen LogP) is 3.13. The van der Waals surface area contributed by atoms with Gasteiger partial charge in [-0.1, -0.05) is 12.1 Å². The van der Waals surface area contributed by atoms with Crippen LogP contribution in [0.3, 0.4) is 0 Å². The summed E-state index contributed by atoms with van der Waals surface area (Å²) in [5.74, 6) is 2.13. The second kappa shape index (κ2) is 6.22. The Morgan fingerprint density at radius 3 is 2.62 bits per heavy atom. The van der Waals surface area contributed by atoms with Crippen LogP contribution in [-0.4, -0.2) is 49.5 Å². The highest BCUT2D eigenvalue weighted by Crippen LogP contribution is 2.44. The van der Waals surface area contributed by atoms with Crippen molar-refractivity contribution in [2.24, 2.45) is 11.8 Å². The van der Waals surface area contributed by atoms with Gasteiger partial charge in [0.1, 0.15) is 5.75 Å². The van der Waals surface area contributed by atoms with Crippen molar-refractivity contribution in [3.8, 4) is 5.75 Å². The smallest absolute Gasteiger partial charge is 0.254 e. The number of amides is 1. The SMILES string of the molecule is COc1ccc([C@H]2[C@@H]3CN(C(=O)c4ccsc4)C[C@@H]3CN2C)cc1. The number of fused-ring (bicyclic) bond motifs is 1. The monoisotopic (exact) mass is 342 g/mol. The van der Waals surface area contributed by atoms with E-state index in [1.165, 1.54) is 5.56 Å². The van der Waals surface area contributed by atoms with Gasteiger partial charge < -0.3 is 9.64 Å². The topological polar surface area (TPSA) is 32.8 Å². The third kappa shape index (κ3) is 2.62. The Labute approximate surface area is 146 Å². The molecule has 1 amide bonds. The van der Waals surface area contributed by atoms with E-state index in [1.54, 1.807) is 18.4 Å². The van der Waals surface area contributed by atoms with Crippen molar-refractivity contribution in [3.05, 3.63) is 52.2 Å². The fourth-order valence-corrected chi connectivity index (χ4v) is 4.92. The van der Waals surface area contributed by atoms with Crippen LogP contribution in [0.1, 0.15) is 22.0 Å². The third-order valence-electron chi connectivity index (χ3n) is 5.41. The van der Waals surface area contributed by atoms with Crippen molar-refractivity contribution >= 4 is 17.2 Å². The number of methoxy groups -OCH3 is 1. The number of thiophene rings is 1. The molecule has 0 radical (unpaired) electrons. The maximum atomic E-state index is 12.6. The first-order valence-corrected chi connectivity index (χ1v) is 9.27. The molecule has 0 unspecified atom stereocenters. The van der Waals surface area contributed by atoms with Gasteiger partial charge in [0, 0.05) is 37.0 Å². The fourth-order valence-electron chi connectivity index (χ4n) is 4.29. The van der Waals surface area contributed by atoms with E-state index in [0.29, 0.717) is 17.9 Å². The lowest BCUT2D eigenvalue weighted by Gasteiger charge is -2.27. The standard InChI is InChI=1S/C19H22N2O2S/c1-20-9-15-10-21(19(22)14-7-8-24-12-14)11-17(15)18(20)13-3-5-16(23-2)6-4-13/h3-8,12,15,17-18H,9-11H2,1-2H3/t15-,17+,18-/m0/s1. The van der Waals surface area contributed by atoms with Crippen LogP contribution in [0.25, 0.3) is 0 Å². The molecule has 4 nitrogen and oxygen atoms in total. The van der Waals surface area contributed by atoms with Gasteiger partial charge in [-0.3, -0.25) is 9.69 Å². The first-order chi connectivity index (χ1) is 11.7. The van der Waals surface area contributed by atoms with Gasteiger partial charge in [-0.15, -0.1) is 0 Å². The molecular weight excluding hydrogens is 320 g/mol. The molecule has 2 aliphatic heterocycles. The van der Waals surface area contributed by atoms with Crippen LogP contribution in [0.5, 0.6) is 5.75 Å². The van der Waals surface area contributed by atoms with Gasteiger partial charge in [0.25, 0.3) is 5.91 Å².